The van der Waals surface area contributed by atoms with Crippen LogP contribution < -0.4 is 10.1 Å². The Labute approximate surface area is 137 Å². The second-order valence-corrected chi connectivity index (χ2v) is 6.17. The van der Waals surface area contributed by atoms with E-state index in [1.807, 2.05) is 54.6 Å². The maximum absolute atomic E-state index is 12.3. The minimum atomic E-state index is 0.0843. The lowest BCUT2D eigenvalue weighted by atomic mass is 9.87. The fourth-order valence-corrected chi connectivity index (χ4v) is 3.13. The lowest BCUT2D eigenvalue weighted by Gasteiger charge is -2.21. The topological polar surface area (TPSA) is 38.3 Å². The van der Waals surface area contributed by atoms with Crippen LogP contribution >= 0.6 is 0 Å². The van der Waals surface area contributed by atoms with Gasteiger partial charge in [-0.2, -0.15) is 0 Å². The first-order valence-electron chi connectivity index (χ1n) is 8.43. The Morgan fingerprint density at radius 2 is 1.65 bits per heavy atom. The van der Waals surface area contributed by atoms with Crippen molar-refractivity contribution in [2.75, 3.05) is 5.32 Å². The van der Waals surface area contributed by atoms with Crippen LogP contribution in [0, 0.1) is 5.92 Å². The van der Waals surface area contributed by atoms with Crippen LogP contribution in [0.2, 0.25) is 0 Å². The van der Waals surface area contributed by atoms with Gasteiger partial charge >= 0.3 is 0 Å². The second-order valence-electron chi connectivity index (χ2n) is 6.17. The largest absolute Gasteiger partial charge is 0.455 e. The molecule has 0 heterocycles. The number of para-hydroxylation sites is 3. The summed E-state index contributed by atoms with van der Waals surface area (Å²) in [5.41, 5.74) is 0.733. The number of benzene rings is 2. The average molecular weight is 309 g/mol. The van der Waals surface area contributed by atoms with Crippen LogP contribution in [0.25, 0.3) is 0 Å². The Kier molecular flexibility index (Phi) is 5.30. The Balaban J connectivity index is 1.64. The zero-order valence-corrected chi connectivity index (χ0v) is 13.3. The maximum Gasteiger partial charge on any atom is 0.224 e. The Hall–Kier alpha value is -2.29. The van der Waals surface area contributed by atoms with Gasteiger partial charge in [-0.1, -0.05) is 49.6 Å². The average Bonchev–Trinajstić information content (AvgIpc) is 2.58. The van der Waals surface area contributed by atoms with Gasteiger partial charge in [-0.25, -0.2) is 0 Å². The summed E-state index contributed by atoms with van der Waals surface area (Å²) in [5, 5.41) is 3.01. The molecule has 0 unspecified atom stereocenters. The van der Waals surface area contributed by atoms with Gasteiger partial charge in [-0.15, -0.1) is 0 Å². The molecule has 0 saturated heterocycles. The van der Waals surface area contributed by atoms with Gasteiger partial charge in [0.2, 0.25) is 5.91 Å². The van der Waals surface area contributed by atoms with Crippen molar-refractivity contribution in [2.45, 2.75) is 38.5 Å². The normalized spacial score (nSPS) is 15.1. The molecule has 0 aromatic heterocycles. The molecule has 0 radical (unpaired) electrons. The number of carbonyl (C=O) groups is 1. The summed E-state index contributed by atoms with van der Waals surface area (Å²) in [7, 11) is 0. The summed E-state index contributed by atoms with van der Waals surface area (Å²) < 4.78 is 5.89. The van der Waals surface area contributed by atoms with E-state index in [9.17, 15) is 4.79 Å². The van der Waals surface area contributed by atoms with Crippen molar-refractivity contribution in [3.8, 4) is 11.5 Å². The Morgan fingerprint density at radius 1 is 0.957 bits per heavy atom. The molecule has 1 aliphatic rings. The fraction of sp³-hybridized carbons (Fsp3) is 0.350. The van der Waals surface area contributed by atoms with Gasteiger partial charge in [0.15, 0.2) is 5.75 Å². The van der Waals surface area contributed by atoms with E-state index in [2.05, 4.69) is 5.32 Å². The molecule has 0 atom stereocenters. The van der Waals surface area contributed by atoms with E-state index in [1.165, 1.54) is 32.1 Å². The zero-order valence-electron chi connectivity index (χ0n) is 13.3. The number of ether oxygens (including phenoxy) is 1. The van der Waals surface area contributed by atoms with Gasteiger partial charge in [0, 0.05) is 6.42 Å². The SMILES string of the molecule is O=C(CC1CCCCC1)Nc1ccccc1Oc1ccccc1. The third-order valence-corrected chi connectivity index (χ3v) is 4.33. The molecule has 1 fully saturated rings. The van der Waals surface area contributed by atoms with E-state index in [-0.39, 0.29) is 5.91 Å². The van der Waals surface area contributed by atoms with E-state index < -0.39 is 0 Å². The minimum Gasteiger partial charge on any atom is -0.455 e. The Bertz CT molecular complexity index is 633. The Morgan fingerprint density at radius 3 is 2.43 bits per heavy atom. The molecule has 1 N–H and O–H groups in total. The van der Waals surface area contributed by atoms with E-state index in [4.69, 9.17) is 4.74 Å². The molecule has 1 saturated carbocycles. The van der Waals surface area contributed by atoms with Crippen LogP contribution in [0.4, 0.5) is 5.69 Å². The first-order valence-corrected chi connectivity index (χ1v) is 8.43. The summed E-state index contributed by atoms with van der Waals surface area (Å²) in [4.78, 5) is 12.3. The molecule has 0 bridgehead atoms. The lowest BCUT2D eigenvalue weighted by molar-refractivity contribution is -0.117. The molecule has 0 spiro atoms. The van der Waals surface area contributed by atoms with Gasteiger partial charge in [-0.05, 0) is 43.0 Å². The number of rotatable bonds is 5. The van der Waals surface area contributed by atoms with Gasteiger partial charge in [-0.3, -0.25) is 4.79 Å². The molecule has 120 valence electrons. The monoisotopic (exact) mass is 309 g/mol. The third-order valence-electron chi connectivity index (χ3n) is 4.33. The van der Waals surface area contributed by atoms with Gasteiger partial charge in [0.1, 0.15) is 5.75 Å². The molecular weight excluding hydrogens is 286 g/mol. The number of hydrogen-bond acceptors (Lipinski definition) is 2. The number of amides is 1. The highest BCUT2D eigenvalue weighted by molar-refractivity contribution is 5.92. The van der Waals surface area contributed by atoms with Gasteiger partial charge < -0.3 is 10.1 Å². The summed E-state index contributed by atoms with van der Waals surface area (Å²) in [6.45, 7) is 0. The standard InChI is InChI=1S/C20H23NO2/c22-20(15-16-9-3-1-4-10-16)21-18-13-7-8-14-19(18)23-17-11-5-2-6-12-17/h2,5-8,11-14,16H,1,3-4,9-10,15H2,(H,21,22). The number of anilines is 1. The highest BCUT2D eigenvalue weighted by Crippen LogP contribution is 2.30. The molecule has 2 aromatic rings. The number of carbonyl (C=O) groups excluding carboxylic acids is 1. The van der Waals surface area contributed by atoms with Crippen molar-refractivity contribution in [2.24, 2.45) is 5.92 Å². The summed E-state index contributed by atoms with van der Waals surface area (Å²) in [6, 6.07) is 17.2. The first kappa shape index (κ1) is 15.6. The highest BCUT2D eigenvalue weighted by Gasteiger charge is 2.17. The molecular formula is C20H23NO2. The number of hydrogen-bond donors (Lipinski definition) is 1. The van der Waals surface area contributed by atoms with Crippen molar-refractivity contribution in [1.82, 2.24) is 0 Å². The molecule has 3 nitrogen and oxygen atoms in total. The van der Waals surface area contributed by atoms with E-state index in [0.29, 0.717) is 18.1 Å². The van der Waals surface area contributed by atoms with Gasteiger partial charge in [0.25, 0.3) is 0 Å². The molecule has 0 aliphatic heterocycles. The van der Waals surface area contributed by atoms with Crippen LogP contribution in [0.1, 0.15) is 38.5 Å². The van der Waals surface area contributed by atoms with Crippen molar-refractivity contribution < 1.29 is 9.53 Å². The molecule has 1 aliphatic carbocycles. The zero-order chi connectivity index (χ0) is 15.9. The van der Waals surface area contributed by atoms with E-state index >= 15 is 0 Å². The number of nitrogens with one attached hydrogen (secondary N) is 1. The van der Waals surface area contributed by atoms with Crippen LogP contribution in [-0.4, -0.2) is 5.91 Å². The van der Waals surface area contributed by atoms with Crippen molar-refractivity contribution in [1.29, 1.82) is 0 Å². The minimum absolute atomic E-state index is 0.0843. The summed E-state index contributed by atoms with van der Waals surface area (Å²) in [5.74, 6) is 2.06. The maximum atomic E-state index is 12.3. The predicted octanol–water partition coefficient (Wildman–Crippen LogP) is 5.39. The highest BCUT2D eigenvalue weighted by atomic mass is 16.5. The second kappa shape index (κ2) is 7.82. The quantitative estimate of drug-likeness (QED) is 0.804. The molecule has 3 rings (SSSR count). The molecule has 23 heavy (non-hydrogen) atoms. The molecule has 2 aromatic carbocycles. The van der Waals surface area contributed by atoms with E-state index in [1.54, 1.807) is 0 Å². The summed E-state index contributed by atoms with van der Waals surface area (Å²) >= 11 is 0. The predicted molar refractivity (Wildman–Crippen MR) is 92.8 cm³/mol. The third kappa shape index (κ3) is 4.59. The first-order chi connectivity index (χ1) is 11.3. The van der Waals surface area contributed by atoms with Crippen molar-refractivity contribution >= 4 is 11.6 Å². The van der Waals surface area contributed by atoms with Crippen LogP contribution in [0.5, 0.6) is 11.5 Å². The van der Waals surface area contributed by atoms with Gasteiger partial charge in [0.05, 0.1) is 5.69 Å². The van der Waals surface area contributed by atoms with Crippen LogP contribution in [-0.2, 0) is 4.79 Å². The smallest absolute Gasteiger partial charge is 0.224 e. The van der Waals surface area contributed by atoms with Crippen molar-refractivity contribution in [3.63, 3.8) is 0 Å². The van der Waals surface area contributed by atoms with Crippen molar-refractivity contribution in [3.05, 3.63) is 54.6 Å². The van der Waals surface area contributed by atoms with Crippen LogP contribution in [0.15, 0.2) is 54.6 Å². The molecule has 3 heteroatoms. The fourth-order valence-electron chi connectivity index (χ4n) is 3.13. The summed E-state index contributed by atoms with van der Waals surface area (Å²) in [6.07, 6.45) is 6.79. The van der Waals surface area contributed by atoms with E-state index in [0.717, 1.165) is 11.4 Å². The lowest BCUT2D eigenvalue weighted by Crippen LogP contribution is -2.18. The van der Waals surface area contributed by atoms with Crippen LogP contribution in [0.3, 0.4) is 0 Å². The molecule has 1 amide bonds.